The van der Waals surface area contributed by atoms with E-state index in [1.165, 1.54) is 0 Å². The van der Waals surface area contributed by atoms with Crippen molar-refractivity contribution in [3.63, 3.8) is 0 Å². The van der Waals surface area contributed by atoms with Crippen molar-refractivity contribution in [2.75, 3.05) is 11.9 Å². The van der Waals surface area contributed by atoms with Crippen LogP contribution in [0, 0.1) is 6.92 Å². The minimum atomic E-state index is -0.469. The van der Waals surface area contributed by atoms with Gasteiger partial charge in [-0.2, -0.15) is 5.10 Å². The molecule has 1 heterocycles. The lowest BCUT2D eigenvalue weighted by atomic mass is 10.2. The van der Waals surface area contributed by atoms with Gasteiger partial charge in [0.25, 0.3) is 0 Å². The molecule has 2 aromatic rings. The first kappa shape index (κ1) is 13.1. The highest BCUT2D eigenvalue weighted by molar-refractivity contribution is 9.10. The van der Waals surface area contributed by atoms with Crippen LogP contribution in [0.25, 0.3) is 0 Å². The van der Waals surface area contributed by atoms with Crippen LogP contribution in [0.3, 0.4) is 0 Å². The van der Waals surface area contributed by atoms with Gasteiger partial charge in [0.2, 0.25) is 0 Å². The number of aromatic nitrogens is 2. The van der Waals surface area contributed by atoms with Gasteiger partial charge in [-0.05, 0) is 30.7 Å². The molecule has 2 rings (SSSR count). The molecule has 0 fully saturated rings. The molecule has 96 valence electrons. The van der Waals surface area contributed by atoms with Crippen LogP contribution in [0.2, 0.25) is 0 Å². The van der Waals surface area contributed by atoms with Crippen LogP contribution in [-0.4, -0.2) is 27.5 Å². The number of hydrogen-bond acceptors (Lipinski definition) is 3. The Morgan fingerprint density at radius 2 is 2.33 bits per heavy atom. The maximum absolute atomic E-state index is 9.91. The van der Waals surface area contributed by atoms with Crippen molar-refractivity contribution >= 4 is 21.6 Å². The normalized spacial score (nSPS) is 12.4. The number of hydrogen-bond donors (Lipinski definition) is 2. The van der Waals surface area contributed by atoms with Crippen molar-refractivity contribution < 1.29 is 5.11 Å². The fourth-order valence-electron chi connectivity index (χ4n) is 1.70. The maximum atomic E-state index is 9.91. The Bertz CT molecular complexity index is 499. The average Bonchev–Trinajstić information content (AvgIpc) is 2.83. The van der Waals surface area contributed by atoms with E-state index < -0.39 is 6.10 Å². The lowest BCUT2D eigenvalue weighted by Crippen LogP contribution is -2.25. The predicted octanol–water partition coefficient (Wildman–Crippen LogP) is 2.43. The van der Waals surface area contributed by atoms with Crippen LogP contribution in [0.4, 0.5) is 5.69 Å². The zero-order chi connectivity index (χ0) is 13.0. The van der Waals surface area contributed by atoms with Gasteiger partial charge < -0.3 is 10.4 Å². The van der Waals surface area contributed by atoms with Crippen molar-refractivity contribution in [1.82, 2.24) is 9.78 Å². The van der Waals surface area contributed by atoms with Gasteiger partial charge in [0.05, 0.1) is 12.6 Å². The van der Waals surface area contributed by atoms with Crippen LogP contribution < -0.4 is 5.32 Å². The molecule has 0 radical (unpaired) electrons. The summed E-state index contributed by atoms with van der Waals surface area (Å²) in [4.78, 5) is 0. The summed E-state index contributed by atoms with van der Waals surface area (Å²) in [6.45, 7) is 3.03. The van der Waals surface area contributed by atoms with Crippen LogP contribution in [-0.2, 0) is 6.54 Å². The molecule has 0 saturated carbocycles. The van der Waals surface area contributed by atoms with E-state index in [1.807, 2.05) is 37.4 Å². The summed E-state index contributed by atoms with van der Waals surface area (Å²) >= 11 is 3.44. The topological polar surface area (TPSA) is 50.1 Å². The largest absolute Gasteiger partial charge is 0.389 e. The molecule has 18 heavy (non-hydrogen) atoms. The van der Waals surface area contributed by atoms with E-state index in [2.05, 4.69) is 26.3 Å². The summed E-state index contributed by atoms with van der Waals surface area (Å²) in [7, 11) is 0. The van der Waals surface area contributed by atoms with E-state index in [9.17, 15) is 5.11 Å². The monoisotopic (exact) mass is 309 g/mol. The first-order chi connectivity index (χ1) is 8.65. The zero-order valence-corrected chi connectivity index (χ0v) is 11.8. The number of rotatable bonds is 5. The van der Waals surface area contributed by atoms with Crippen LogP contribution >= 0.6 is 15.9 Å². The molecule has 0 aliphatic heterocycles. The third-order valence-electron chi connectivity index (χ3n) is 2.68. The summed E-state index contributed by atoms with van der Waals surface area (Å²) in [5.41, 5.74) is 2.19. The third kappa shape index (κ3) is 3.58. The molecule has 0 spiro atoms. The Balaban J connectivity index is 1.89. The van der Waals surface area contributed by atoms with Crippen molar-refractivity contribution in [3.8, 4) is 0 Å². The highest BCUT2D eigenvalue weighted by Crippen LogP contribution is 2.20. The Hall–Kier alpha value is -1.33. The van der Waals surface area contributed by atoms with E-state index in [-0.39, 0.29) is 0 Å². The van der Waals surface area contributed by atoms with Crippen molar-refractivity contribution in [1.29, 1.82) is 0 Å². The molecular weight excluding hydrogens is 294 g/mol. The molecule has 1 aromatic carbocycles. The number of nitrogens with zero attached hydrogens (tertiary/aromatic N) is 2. The van der Waals surface area contributed by atoms with Crippen LogP contribution in [0.5, 0.6) is 0 Å². The number of nitrogens with one attached hydrogen (secondary N) is 1. The molecule has 0 aliphatic rings. The first-order valence-electron chi connectivity index (χ1n) is 5.80. The number of halogens is 1. The van der Waals surface area contributed by atoms with E-state index >= 15 is 0 Å². The molecule has 5 heteroatoms. The van der Waals surface area contributed by atoms with E-state index in [4.69, 9.17) is 0 Å². The standard InChI is InChI=1S/C13H16BrN3O/c1-10-3-4-11(14)7-13(10)15-8-12(18)9-17-6-2-5-16-17/h2-7,12,15,18H,8-9H2,1H3. The van der Waals surface area contributed by atoms with Crippen LogP contribution in [0.1, 0.15) is 5.56 Å². The fraction of sp³-hybridized carbons (Fsp3) is 0.308. The number of aliphatic hydroxyl groups is 1. The number of benzene rings is 1. The Morgan fingerprint density at radius 3 is 3.06 bits per heavy atom. The van der Waals surface area contributed by atoms with E-state index in [0.29, 0.717) is 13.1 Å². The van der Waals surface area contributed by atoms with Gasteiger partial charge in [-0.1, -0.05) is 22.0 Å². The third-order valence-corrected chi connectivity index (χ3v) is 3.18. The Kier molecular flexibility index (Phi) is 4.38. The quantitative estimate of drug-likeness (QED) is 0.892. The second kappa shape index (κ2) is 6.02. The summed E-state index contributed by atoms with van der Waals surface area (Å²) in [6, 6.07) is 7.89. The van der Waals surface area contributed by atoms with Gasteiger partial charge >= 0.3 is 0 Å². The van der Waals surface area contributed by atoms with Crippen molar-refractivity contribution in [2.45, 2.75) is 19.6 Å². The molecule has 4 nitrogen and oxygen atoms in total. The lowest BCUT2D eigenvalue weighted by Gasteiger charge is -2.14. The highest BCUT2D eigenvalue weighted by Gasteiger charge is 2.06. The van der Waals surface area contributed by atoms with Crippen molar-refractivity contribution in [3.05, 3.63) is 46.7 Å². The maximum Gasteiger partial charge on any atom is 0.0907 e. The van der Waals surface area contributed by atoms with Gasteiger partial charge in [-0.3, -0.25) is 4.68 Å². The molecule has 2 N–H and O–H groups in total. The average molecular weight is 310 g/mol. The number of aliphatic hydroxyl groups excluding tert-OH is 1. The van der Waals surface area contributed by atoms with E-state index in [0.717, 1.165) is 15.7 Å². The molecule has 1 unspecified atom stereocenters. The summed E-state index contributed by atoms with van der Waals surface area (Å²) in [6.07, 6.45) is 3.08. The van der Waals surface area contributed by atoms with Crippen molar-refractivity contribution in [2.24, 2.45) is 0 Å². The lowest BCUT2D eigenvalue weighted by molar-refractivity contribution is 0.161. The molecule has 1 aromatic heterocycles. The number of anilines is 1. The van der Waals surface area contributed by atoms with Crippen LogP contribution in [0.15, 0.2) is 41.1 Å². The minimum Gasteiger partial charge on any atom is -0.389 e. The molecular formula is C13H16BrN3O. The predicted molar refractivity (Wildman–Crippen MR) is 75.6 cm³/mol. The second-order valence-electron chi connectivity index (χ2n) is 4.22. The van der Waals surface area contributed by atoms with Gasteiger partial charge in [0, 0.05) is 29.1 Å². The number of aryl methyl sites for hydroxylation is 1. The van der Waals surface area contributed by atoms with Gasteiger partial charge in [-0.15, -0.1) is 0 Å². The van der Waals surface area contributed by atoms with E-state index in [1.54, 1.807) is 10.9 Å². The van der Waals surface area contributed by atoms with Gasteiger partial charge in [-0.25, -0.2) is 0 Å². The first-order valence-corrected chi connectivity index (χ1v) is 6.60. The smallest absolute Gasteiger partial charge is 0.0907 e. The molecule has 0 saturated heterocycles. The Labute approximate surface area is 115 Å². The zero-order valence-electron chi connectivity index (χ0n) is 10.2. The molecule has 0 amide bonds. The van der Waals surface area contributed by atoms with Gasteiger partial charge in [0.1, 0.15) is 0 Å². The summed E-state index contributed by atoms with van der Waals surface area (Å²) in [5.74, 6) is 0. The Morgan fingerprint density at radius 1 is 1.50 bits per heavy atom. The minimum absolute atomic E-state index is 0.469. The molecule has 0 bridgehead atoms. The SMILES string of the molecule is Cc1ccc(Br)cc1NCC(O)Cn1cccn1. The fourth-order valence-corrected chi connectivity index (χ4v) is 2.06. The molecule has 1 atom stereocenters. The van der Waals surface area contributed by atoms with Gasteiger partial charge in [0.15, 0.2) is 0 Å². The summed E-state index contributed by atoms with van der Waals surface area (Å²) in [5, 5.41) is 17.2. The summed E-state index contributed by atoms with van der Waals surface area (Å²) < 4.78 is 2.75. The second-order valence-corrected chi connectivity index (χ2v) is 5.14. The molecule has 0 aliphatic carbocycles. The highest BCUT2D eigenvalue weighted by atomic mass is 79.9.